The van der Waals surface area contributed by atoms with Crippen molar-refractivity contribution in [2.45, 2.75) is 6.42 Å². The maximum atomic E-state index is 13.1. The number of aromatic nitrogens is 1. The van der Waals surface area contributed by atoms with Gasteiger partial charge in [-0.2, -0.15) is 0 Å². The first-order chi connectivity index (χ1) is 10.2. The number of carbonyl (C=O) groups excluding carboxylic acids is 1. The van der Waals surface area contributed by atoms with Crippen LogP contribution in [0.4, 0.5) is 4.39 Å². The molecule has 0 unspecified atom stereocenters. The average molecular weight is 283 g/mol. The van der Waals surface area contributed by atoms with Crippen molar-refractivity contribution in [2.24, 2.45) is 0 Å². The number of carbonyl (C=O) groups is 1. The van der Waals surface area contributed by atoms with E-state index < -0.39 is 0 Å². The van der Waals surface area contributed by atoms with Crippen LogP contribution in [0.1, 0.15) is 5.69 Å². The summed E-state index contributed by atoms with van der Waals surface area (Å²) in [5, 5.41) is 0.982. The van der Waals surface area contributed by atoms with Crippen LogP contribution < -0.4 is 4.74 Å². The van der Waals surface area contributed by atoms with E-state index in [-0.39, 0.29) is 5.82 Å². The number of ether oxygens (including phenoxy) is 1. The summed E-state index contributed by atoms with van der Waals surface area (Å²) in [7, 11) is 1.62. The normalized spacial score (nSPS) is 10.8. The summed E-state index contributed by atoms with van der Waals surface area (Å²) >= 11 is 0. The number of halogens is 1. The number of rotatable bonds is 4. The van der Waals surface area contributed by atoms with Crippen molar-refractivity contribution in [3.8, 4) is 11.4 Å². The molecule has 0 N–H and O–H groups in total. The van der Waals surface area contributed by atoms with Crippen LogP contribution in [0.3, 0.4) is 0 Å². The van der Waals surface area contributed by atoms with Gasteiger partial charge in [-0.15, -0.1) is 0 Å². The Kier molecular flexibility index (Phi) is 3.44. The second kappa shape index (κ2) is 5.40. The lowest BCUT2D eigenvalue weighted by Crippen LogP contribution is -2.00. The number of nitrogens with zero attached hydrogens (tertiary/aromatic N) is 1. The molecule has 0 amide bonds. The molecule has 0 bridgehead atoms. The molecule has 0 aliphatic carbocycles. The van der Waals surface area contributed by atoms with Crippen LogP contribution in [-0.4, -0.2) is 18.0 Å². The molecule has 0 aliphatic heterocycles. The highest BCUT2D eigenvalue weighted by Gasteiger charge is 2.11. The number of fused-ring (bicyclic) bond motifs is 1. The molecule has 1 heterocycles. The minimum Gasteiger partial charge on any atom is -0.497 e. The van der Waals surface area contributed by atoms with E-state index in [1.165, 1.54) is 12.1 Å². The molecule has 3 nitrogen and oxygen atoms in total. The molecule has 0 aliphatic rings. The van der Waals surface area contributed by atoms with Gasteiger partial charge in [0.2, 0.25) is 0 Å². The van der Waals surface area contributed by atoms with Crippen LogP contribution in [0, 0.1) is 5.82 Å². The van der Waals surface area contributed by atoms with E-state index in [4.69, 9.17) is 4.74 Å². The summed E-state index contributed by atoms with van der Waals surface area (Å²) in [6, 6.07) is 13.9. The third kappa shape index (κ3) is 2.40. The highest BCUT2D eigenvalue weighted by atomic mass is 19.1. The lowest BCUT2D eigenvalue weighted by molar-refractivity contribution is -0.107. The van der Waals surface area contributed by atoms with Gasteiger partial charge in [0, 0.05) is 23.2 Å². The highest BCUT2D eigenvalue weighted by Crippen LogP contribution is 2.28. The molecule has 0 saturated carbocycles. The zero-order valence-corrected chi connectivity index (χ0v) is 11.5. The van der Waals surface area contributed by atoms with Gasteiger partial charge >= 0.3 is 0 Å². The first kappa shape index (κ1) is 13.4. The predicted molar refractivity (Wildman–Crippen MR) is 79.6 cm³/mol. The molecular formula is C17H14FNO2. The topological polar surface area (TPSA) is 31.2 Å². The minimum atomic E-state index is -0.284. The molecule has 21 heavy (non-hydrogen) atoms. The molecule has 0 spiro atoms. The first-order valence-corrected chi connectivity index (χ1v) is 6.61. The summed E-state index contributed by atoms with van der Waals surface area (Å²) < 4.78 is 20.3. The van der Waals surface area contributed by atoms with Crippen LogP contribution in [0.15, 0.2) is 48.5 Å². The van der Waals surface area contributed by atoms with Crippen LogP contribution >= 0.6 is 0 Å². The van der Waals surface area contributed by atoms with Gasteiger partial charge in [0.15, 0.2) is 0 Å². The Hall–Kier alpha value is -2.62. The van der Waals surface area contributed by atoms with Crippen molar-refractivity contribution in [3.05, 3.63) is 60.0 Å². The Balaban J connectivity index is 2.24. The van der Waals surface area contributed by atoms with Gasteiger partial charge in [-0.3, -0.25) is 0 Å². The smallest absolute Gasteiger partial charge is 0.125 e. The SMILES string of the molecule is COc1ccc2c(c1)cc(CC=O)n2-c1ccc(F)cc1. The van der Waals surface area contributed by atoms with E-state index in [1.807, 2.05) is 28.8 Å². The zero-order chi connectivity index (χ0) is 14.8. The standard InChI is InChI=1S/C17H14FNO2/c1-21-16-6-7-17-12(11-16)10-15(8-9-20)19(17)14-4-2-13(18)3-5-14/h2-7,9-11H,8H2,1H3. The fourth-order valence-electron chi connectivity index (χ4n) is 2.51. The zero-order valence-electron chi connectivity index (χ0n) is 11.5. The Morgan fingerprint density at radius 3 is 2.57 bits per heavy atom. The second-order valence-corrected chi connectivity index (χ2v) is 4.74. The maximum Gasteiger partial charge on any atom is 0.125 e. The van der Waals surface area contributed by atoms with Crippen LogP contribution in [-0.2, 0) is 11.2 Å². The molecule has 106 valence electrons. The van der Waals surface area contributed by atoms with Crippen LogP contribution in [0.5, 0.6) is 5.75 Å². The van der Waals surface area contributed by atoms with E-state index in [2.05, 4.69) is 0 Å². The van der Waals surface area contributed by atoms with Gasteiger partial charge in [-0.25, -0.2) is 4.39 Å². The fraction of sp³-hybridized carbons (Fsp3) is 0.118. The monoisotopic (exact) mass is 283 g/mol. The molecule has 0 saturated heterocycles. The molecule has 0 radical (unpaired) electrons. The second-order valence-electron chi connectivity index (χ2n) is 4.74. The van der Waals surface area contributed by atoms with Gasteiger partial charge in [0.05, 0.1) is 12.6 Å². The number of hydrogen-bond acceptors (Lipinski definition) is 2. The van der Waals surface area contributed by atoms with Crippen molar-refractivity contribution in [3.63, 3.8) is 0 Å². The summed E-state index contributed by atoms with van der Waals surface area (Å²) in [5.74, 6) is 0.477. The number of benzene rings is 2. The lowest BCUT2D eigenvalue weighted by Gasteiger charge is -2.09. The third-order valence-electron chi connectivity index (χ3n) is 3.46. The molecule has 0 atom stereocenters. The fourth-order valence-corrected chi connectivity index (χ4v) is 2.51. The molecular weight excluding hydrogens is 269 g/mol. The lowest BCUT2D eigenvalue weighted by atomic mass is 10.2. The van der Waals surface area contributed by atoms with E-state index in [0.29, 0.717) is 6.42 Å². The van der Waals surface area contributed by atoms with E-state index in [0.717, 1.165) is 34.3 Å². The highest BCUT2D eigenvalue weighted by molar-refractivity contribution is 5.85. The molecule has 4 heteroatoms. The Morgan fingerprint density at radius 2 is 1.90 bits per heavy atom. The molecule has 3 rings (SSSR count). The number of aldehydes is 1. The molecule has 2 aromatic carbocycles. The quantitative estimate of drug-likeness (QED) is 0.686. The van der Waals surface area contributed by atoms with Gasteiger partial charge < -0.3 is 14.1 Å². The van der Waals surface area contributed by atoms with Gasteiger partial charge in [0.25, 0.3) is 0 Å². The van der Waals surface area contributed by atoms with Crippen LogP contribution in [0.2, 0.25) is 0 Å². The van der Waals surface area contributed by atoms with Crippen LogP contribution in [0.25, 0.3) is 16.6 Å². The largest absolute Gasteiger partial charge is 0.497 e. The van der Waals surface area contributed by atoms with E-state index in [9.17, 15) is 9.18 Å². The van der Waals surface area contributed by atoms with Crippen molar-refractivity contribution < 1.29 is 13.9 Å². The summed E-state index contributed by atoms with van der Waals surface area (Å²) in [6.07, 6.45) is 1.17. The van der Waals surface area contributed by atoms with Crippen molar-refractivity contribution in [2.75, 3.05) is 7.11 Å². The molecule has 0 fully saturated rings. The summed E-state index contributed by atoms with van der Waals surface area (Å²) in [5.41, 5.74) is 2.65. The van der Waals surface area contributed by atoms with E-state index >= 15 is 0 Å². The van der Waals surface area contributed by atoms with Crippen molar-refractivity contribution in [1.82, 2.24) is 4.57 Å². The first-order valence-electron chi connectivity index (χ1n) is 6.61. The van der Waals surface area contributed by atoms with Gasteiger partial charge in [0.1, 0.15) is 17.9 Å². The minimum absolute atomic E-state index is 0.284. The summed E-state index contributed by atoms with van der Waals surface area (Å²) in [6.45, 7) is 0. The third-order valence-corrected chi connectivity index (χ3v) is 3.46. The van der Waals surface area contributed by atoms with Gasteiger partial charge in [-0.1, -0.05) is 0 Å². The Bertz CT molecular complexity index is 790. The Labute approximate surface area is 121 Å². The summed E-state index contributed by atoms with van der Waals surface area (Å²) in [4.78, 5) is 10.9. The van der Waals surface area contributed by atoms with E-state index in [1.54, 1.807) is 19.2 Å². The van der Waals surface area contributed by atoms with Gasteiger partial charge in [-0.05, 0) is 48.5 Å². The maximum absolute atomic E-state index is 13.1. The average Bonchev–Trinajstić information content (AvgIpc) is 2.85. The number of hydrogen-bond donors (Lipinski definition) is 0. The predicted octanol–water partition coefficient (Wildman–Crippen LogP) is 3.52. The Morgan fingerprint density at radius 1 is 1.14 bits per heavy atom. The number of methoxy groups -OCH3 is 1. The molecule has 1 aromatic heterocycles. The molecule has 3 aromatic rings. The van der Waals surface area contributed by atoms with Crippen molar-refractivity contribution in [1.29, 1.82) is 0 Å². The van der Waals surface area contributed by atoms with Crippen molar-refractivity contribution >= 4 is 17.2 Å².